The quantitative estimate of drug-likeness (QED) is 0.893. The first-order chi connectivity index (χ1) is 8.54. The summed E-state index contributed by atoms with van der Waals surface area (Å²) >= 11 is 0. The van der Waals surface area contributed by atoms with Gasteiger partial charge in [0.1, 0.15) is 11.4 Å². The third kappa shape index (κ3) is 2.21. The third-order valence-corrected chi connectivity index (χ3v) is 3.90. The second-order valence-electron chi connectivity index (χ2n) is 5.05. The van der Waals surface area contributed by atoms with E-state index in [1.54, 1.807) is 11.6 Å². The molecule has 100 valence electrons. The molecule has 0 aliphatic carbocycles. The van der Waals surface area contributed by atoms with E-state index in [0.29, 0.717) is 11.3 Å². The predicted octanol–water partition coefficient (Wildman–Crippen LogP) is 2.05. The van der Waals surface area contributed by atoms with Crippen molar-refractivity contribution in [3.8, 4) is 0 Å². The molecular formula is C13H21N3O2. The average Bonchev–Trinajstić information content (AvgIpc) is 2.64. The zero-order chi connectivity index (χ0) is 13.3. The van der Waals surface area contributed by atoms with Crippen molar-refractivity contribution in [1.82, 2.24) is 9.78 Å². The number of nitrogens with zero attached hydrogens (tertiary/aromatic N) is 3. The summed E-state index contributed by atoms with van der Waals surface area (Å²) in [5.74, 6) is 0.659. The maximum Gasteiger partial charge on any atom is 0.341 e. The van der Waals surface area contributed by atoms with Gasteiger partial charge in [0.2, 0.25) is 0 Å². The smallest absolute Gasteiger partial charge is 0.341 e. The first-order valence-electron chi connectivity index (χ1n) is 6.56. The van der Waals surface area contributed by atoms with Gasteiger partial charge in [-0.15, -0.1) is 0 Å². The molecule has 1 aromatic heterocycles. The van der Waals surface area contributed by atoms with Crippen molar-refractivity contribution >= 4 is 11.8 Å². The Labute approximate surface area is 107 Å². The fraction of sp³-hybridized carbons (Fsp3) is 0.692. The monoisotopic (exact) mass is 251 g/mol. The summed E-state index contributed by atoms with van der Waals surface area (Å²) in [5.41, 5.74) is 0.949. The normalized spacial score (nSPS) is 17.2. The van der Waals surface area contributed by atoms with Crippen LogP contribution in [0, 0.1) is 12.8 Å². The third-order valence-electron chi connectivity index (χ3n) is 3.90. The number of aromatic carboxylic acids is 1. The highest BCUT2D eigenvalue weighted by atomic mass is 16.4. The van der Waals surface area contributed by atoms with Crippen molar-refractivity contribution < 1.29 is 9.90 Å². The average molecular weight is 251 g/mol. The van der Waals surface area contributed by atoms with Crippen LogP contribution in [0.1, 0.15) is 42.2 Å². The van der Waals surface area contributed by atoms with Crippen molar-refractivity contribution in [2.24, 2.45) is 13.0 Å². The van der Waals surface area contributed by atoms with E-state index in [2.05, 4.69) is 16.9 Å². The molecule has 0 bridgehead atoms. The predicted molar refractivity (Wildman–Crippen MR) is 70.1 cm³/mol. The van der Waals surface area contributed by atoms with Crippen LogP contribution in [0.3, 0.4) is 0 Å². The van der Waals surface area contributed by atoms with Gasteiger partial charge >= 0.3 is 5.97 Å². The maximum absolute atomic E-state index is 11.3. The number of anilines is 1. The van der Waals surface area contributed by atoms with Crippen molar-refractivity contribution in [3.05, 3.63) is 11.3 Å². The minimum atomic E-state index is -0.881. The van der Waals surface area contributed by atoms with E-state index in [1.807, 2.05) is 7.05 Å². The number of hydrogen-bond donors (Lipinski definition) is 1. The number of hydrogen-bond acceptors (Lipinski definition) is 3. The van der Waals surface area contributed by atoms with Gasteiger partial charge in [-0.1, -0.05) is 13.3 Å². The minimum absolute atomic E-state index is 0.354. The number of rotatable bonds is 3. The number of piperidine rings is 1. The zero-order valence-electron chi connectivity index (χ0n) is 11.3. The molecule has 2 heterocycles. The van der Waals surface area contributed by atoms with Gasteiger partial charge < -0.3 is 10.0 Å². The standard InChI is InChI=1S/C13H21N3O2/c1-4-10-5-7-16(8-6-10)12-11(13(17)18)9(2)14-15(12)3/h10H,4-8H2,1-3H3,(H,17,18). The van der Waals surface area contributed by atoms with E-state index >= 15 is 0 Å². The number of aryl methyl sites for hydroxylation is 2. The summed E-state index contributed by atoms with van der Waals surface area (Å²) in [6.07, 6.45) is 3.49. The number of carbonyl (C=O) groups is 1. The lowest BCUT2D eigenvalue weighted by atomic mass is 9.94. The highest BCUT2D eigenvalue weighted by Gasteiger charge is 2.27. The molecule has 0 saturated carbocycles. The van der Waals surface area contributed by atoms with Crippen molar-refractivity contribution in [2.45, 2.75) is 33.1 Å². The summed E-state index contributed by atoms with van der Waals surface area (Å²) in [5, 5.41) is 13.5. The molecule has 1 fully saturated rings. The summed E-state index contributed by atoms with van der Waals surface area (Å²) in [4.78, 5) is 13.5. The first-order valence-corrected chi connectivity index (χ1v) is 6.56. The second kappa shape index (κ2) is 5.00. The van der Waals surface area contributed by atoms with Gasteiger partial charge in [-0.05, 0) is 25.7 Å². The fourth-order valence-corrected chi connectivity index (χ4v) is 2.81. The van der Waals surface area contributed by atoms with Crippen LogP contribution >= 0.6 is 0 Å². The Morgan fingerprint density at radius 1 is 1.44 bits per heavy atom. The molecular weight excluding hydrogens is 230 g/mol. The number of carboxylic acids is 1. The second-order valence-corrected chi connectivity index (χ2v) is 5.05. The SMILES string of the molecule is CCC1CCN(c2c(C(=O)O)c(C)nn2C)CC1. The van der Waals surface area contributed by atoms with Gasteiger partial charge in [0.25, 0.3) is 0 Å². The van der Waals surface area contributed by atoms with Gasteiger partial charge in [-0.25, -0.2) is 4.79 Å². The van der Waals surface area contributed by atoms with E-state index in [-0.39, 0.29) is 0 Å². The number of carboxylic acid groups (broad SMARTS) is 1. The molecule has 5 heteroatoms. The van der Waals surface area contributed by atoms with Crippen LogP contribution in [-0.2, 0) is 7.05 Å². The molecule has 1 N–H and O–H groups in total. The lowest BCUT2D eigenvalue weighted by Crippen LogP contribution is -2.35. The summed E-state index contributed by atoms with van der Waals surface area (Å²) < 4.78 is 1.70. The van der Waals surface area contributed by atoms with Crippen LogP contribution < -0.4 is 4.90 Å². The molecule has 1 aliphatic rings. The van der Waals surface area contributed by atoms with Crippen molar-refractivity contribution in [1.29, 1.82) is 0 Å². The first kappa shape index (κ1) is 12.9. The number of aromatic nitrogens is 2. The van der Waals surface area contributed by atoms with E-state index in [9.17, 15) is 9.90 Å². The van der Waals surface area contributed by atoms with Gasteiger partial charge in [0, 0.05) is 20.1 Å². The van der Waals surface area contributed by atoms with Crippen LogP contribution in [0.25, 0.3) is 0 Å². The van der Waals surface area contributed by atoms with Gasteiger partial charge in [-0.3, -0.25) is 4.68 Å². The Balaban J connectivity index is 2.26. The summed E-state index contributed by atoms with van der Waals surface area (Å²) in [6.45, 7) is 5.83. The lowest BCUT2D eigenvalue weighted by Gasteiger charge is -2.33. The van der Waals surface area contributed by atoms with Crippen LogP contribution in [0.2, 0.25) is 0 Å². The molecule has 18 heavy (non-hydrogen) atoms. The molecule has 0 aromatic carbocycles. The Morgan fingerprint density at radius 2 is 2.06 bits per heavy atom. The van der Waals surface area contributed by atoms with Crippen molar-refractivity contribution in [2.75, 3.05) is 18.0 Å². The molecule has 1 aliphatic heterocycles. The van der Waals surface area contributed by atoms with E-state index in [1.165, 1.54) is 6.42 Å². The molecule has 0 unspecified atom stereocenters. The molecule has 2 rings (SSSR count). The highest BCUT2D eigenvalue weighted by Crippen LogP contribution is 2.28. The Hall–Kier alpha value is -1.52. The summed E-state index contributed by atoms with van der Waals surface area (Å²) in [7, 11) is 1.82. The van der Waals surface area contributed by atoms with Crippen LogP contribution in [-0.4, -0.2) is 33.9 Å². The van der Waals surface area contributed by atoms with Gasteiger partial charge in [-0.2, -0.15) is 5.10 Å². The van der Waals surface area contributed by atoms with E-state index in [0.717, 1.165) is 37.7 Å². The molecule has 1 aromatic rings. The van der Waals surface area contributed by atoms with Crippen LogP contribution in [0.5, 0.6) is 0 Å². The summed E-state index contributed by atoms with van der Waals surface area (Å²) in [6, 6.07) is 0. The largest absolute Gasteiger partial charge is 0.477 e. The Bertz CT molecular complexity index is 445. The van der Waals surface area contributed by atoms with Crippen LogP contribution in [0.15, 0.2) is 0 Å². The molecule has 0 spiro atoms. The van der Waals surface area contributed by atoms with Gasteiger partial charge in [0.05, 0.1) is 5.69 Å². The zero-order valence-corrected chi connectivity index (χ0v) is 11.3. The van der Waals surface area contributed by atoms with E-state index < -0.39 is 5.97 Å². The fourth-order valence-electron chi connectivity index (χ4n) is 2.81. The molecule has 0 atom stereocenters. The highest BCUT2D eigenvalue weighted by molar-refractivity contribution is 5.94. The molecule has 0 radical (unpaired) electrons. The minimum Gasteiger partial charge on any atom is -0.477 e. The molecule has 5 nitrogen and oxygen atoms in total. The topological polar surface area (TPSA) is 58.4 Å². The maximum atomic E-state index is 11.3. The van der Waals surface area contributed by atoms with E-state index in [4.69, 9.17) is 0 Å². The Morgan fingerprint density at radius 3 is 2.56 bits per heavy atom. The lowest BCUT2D eigenvalue weighted by molar-refractivity contribution is 0.0696. The molecule has 1 saturated heterocycles. The Kier molecular flexibility index (Phi) is 3.59. The molecule has 0 amide bonds. The van der Waals surface area contributed by atoms with Crippen molar-refractivity contribution in [3.63, 3.8) is 0 Å². The van der Waals surface area contributed by atoms with Crippen LogP contribution in [0.4, 0.5) is 5.82 Å². The van der Waals surface area contributed by atoms with Gasteiger partial charge in [0.15, 0.2) is 0 Å².